The number of nitrogens with zero attached hydrogens (tertiary/aromatic N) is 2. The summed E-state index contributed by atoms with van der Waals surface area (Å²) in [6, 6.07) is 12.4. The molecule has 0 aliphatic heterocycles. The molecule has 0 atom stereocenters. The van der Waals surface area contributed by atoms with Crippen molar-refractivity contribution < 1.29 is 14.3 Å². The second-order valence-corrected chi connectivity index (χ2v) is 5.97. The van der Waals surface area contributed by atoms with Gasteiger partial charge in [0.15, 0.2) is 0 Å². The van der Waals surface area contributed by atoms with Gasteiger partial charge in [0.2, 0.25) is 0 Å². The van der Waals surface area contributed by atoms with Crippen molar-refractivity contribution in [1.82, 2.24) is 9.13 Å². The smallest absolute Gasteiger partial charge is 0.329 e. The molecule has 6 nitrogen and oxygen atoms in total. The monoisotopic (exact) mass is 360 g/mol. The Kier molecular flexibility index (Phi) is 4.81. The molecule has 130 valence electrons. The fourth-order valence-electron chi connectivity index (χ4n) is 2.71. The van der Waals surface area contributed by atoms with Crippen LogP contribution in [-0.4, -0.2) is 22.2 Å². The number of ether oxygens (including phenoxy) is 2. The fraction of sp³-hybridized carbons (Fsp3) is 0.222. The van der Waals surface area contributed by atoms with E-state index in [1.807, 2.05) is 18.2 Å². The molecule has 1 heterocycles. The zero-order chi connectivity index (χ0) is 18.0. The zero-order valence-corrected chi connectivity index (χ0v) is 14.6. The van der Waals surface area contributed by atoms with Gasteiger partial charge < -0.3 is 9.47 Å². The summed E-state index contributed by atoms with van der Waals surface area (Å²) in [5, 5.41) is 0.525. The number of carbonyl (C=O) groups is 1. The van der Waals surface area contributed by atoms with E-state index in [0.717, 1.165) is 5.52 Å². The Balaban J connectivity index is 1.77. The SMILES string of the molecule is COc1ccc(Cl)cc1COC(=O)Cn1c(=O)n(C)c2ccccc21. The van der Waals surface area contributed by atoms with Crippen molar-refractivity contribution in [3.05, 3.63) is 63.5 Å². The van der Waals surface area contributed by atoms with Crippen LogP contribution in [0.2, 0.25) is 5.02 Å². The number of hydrogen-bond acceptors (Lipinski definition) is 4. The number of fused-ring (bicyclic) bond motifs is 1. The number of aromatic nitrogens is 2. The van der Waals surface area contributed by atoms with E-state index in [2.05, 4.69) is 0 Å². The normalized spacial score (nSPS) is 10.8. The maximum Gasteiger partial charge on any atom is 0.329 e. The first-order valence-corrected chi connectivity index (χ1v) is 8.01. The maximum absolute atomic E-state index is 12.3. The van der Waals surface area contributed by atoms with Crippen LogP contribution < -0.4 is 10.4 Å². The molecule has 0 aliphatic rings. The van der Waals surface area contributed by atoms with Crippen LogP contribution in [0.25, 0.3) is 11.0 Å². The number of carbonyl (C=O) groups excluding carboxylic acids is 1. The number of methoxy groups -OCH3 is 1. The first-order valence-electron chi connectivity index (χ1n) is 7.63. The summed E-state index contributed by atoms with van der Waals surface area (Å²) in [4.78, 5) is 24.5. The highest BCUT2D eigenvalue weighted by molar-refractivity contribution is 6.30. The van der Waals surface area contributed by atoms with Gasteiger partial charge >= 0.3 is 11.7 Å². The highest BCUT2D eigenvalue weighted by Crippen LogP contribution is 2.23. The molecule has 3 aromatic rings. The van der Waals surface area contributed by atoms with E-state index in [-0.39, 0.29) is 18.8 Å². The van der Waals surface area contributed by atoms with E-state index in [4.69, 9.17) is 21.1 Å². The van der Waals surface area contributed by atoms with Gasteiger partial charge in [0.1, 0.15) is 18.9 Å². The largest absolute Gasteiger partial charge is 0.496 e. The third kappa shape index (κ3) is 3.39. The Morgan fingerprint density at radius 2 is 1.88 bits per heavy atom. The third-order valence-electron chi connectivity index (χ3n) is 3.97. The topological polar surface area (TPSA) is 62.5 Å². The molecule has 0 spiro atoms. The quantitative estimate of drug-likeness (QED) is 0.656. The van der Waals surface area contributed by atoms with Crippen LogP contribution in [0.1, 0.15) is 5.56 Å². The number of aryl methyl sites for hydroxylation is 1. The van der Waals surface area contributed by atoms with Crippen LogP contribution in [0.4, 0.5) is 0 Å². The van der Waals surface area contributed by atoms with Crippen LogP contribution >= 0.6 is 11.6 Å². The lowest BCUT2D eigenvalue weighted by atomic mass is 10.2. The van der Waals surface area contributed by atoms with Crippen LogP contribution in [0.15, 0.2) is 47.3 Å². The molecule has 1 aromatic heterocycles. The molecule has 0 radical (unpaired) electrons. The third-order valence-corrected chi connectivity index (χ3v) is 4.21. The summed E-state index contributed by atoms with van der Waals surface area (Å²) in [5.41, 5.74) is 1.84. The summed E-state index contributed by atoms with van der Waals surface area (Å²) in [7, 11) is 3.20. The standard InChI is InChI=1S/C18H17ClN2O4/c1-20-14-5-3-4-6-15(14)21(18(20)23)10-17(22)25-11-12-9-13(19)7-8-16(12)24-2/h3-9H,10-11H2,1-2H3. The second-order valence-electron chi connectivity index (χ2n) is 5.53. The average Bonchev–Trinajstić information content (AvgIpc) is 2.85. The van der Waals surface area contributed by atoms with Crippen molar-refractivity contribution >= 4 is 28.6 Å². The van der Waals surface area contributed by atoms with E-state index in [1.54, 1.807) is 31.3 Å². The van der Waals surface area contributed by atoms with E-state index < -0.39 is 5.97 Å². The molecule has 0 saturated heterocycles. The van der Waals surface area contributed by atoms with E-state index in [1.165, 1.54) is 16.2 Å². The molecular formula is C18H17ClN2O4. The fourth-order valence-corrected chi connectivity index (χ4v) is 2.90. The number of halogens is 1. The number of rotatable bonds is 5. The molecule has 25 heavy (non-hydrogen) atoms. The Morgan fingerprint density at radius 1 is 1.16 bits per heavy atom. The highest BCUT2D eigenvalue weighted by Gasteiger charge is 2.15. The van der Waals surface area contributed by atoms with Gasteiger partial charge in [-0.1, -0.05) is 23.7 Å². The Labute approximate surface area is 149 Å². The maximum atomic E-state index is 12.3. The molecule has 7 heteroatoms. The second kappa shape index (κ2) is 7.03. The van der Waals surface area contributed by atoms with E-state index >= 15 is 0 Å². The van der Waals surface area contributed by atoms with Gasteiger partial charge in [-0.15, -0.1) is 0 Å². The van der Waals surface area contributed by atoms with Gasteiger partial charge in [-0.2, -0.15) is 0 Å². The lowest BCUT2D eigenvalue weighted by Gasteiger charge is -2.10. The Morgan fingerprint density at radius 3 is 2.60 bits per heavy atom. The number of esters is 1. The lowest BCUT2D eigenvalue weighted by molar-refractivity contribution is -0.145. The summed E-state index contributed by atoms with van der Waals surface area (Å²) >= 11 is 5.96. The predicted molar refractivity (Wildman–Crippen MR) is 95.0 cm³/mol. The van der Waals surface area contributed by atoms with Crippen LogP contribution in [0, 0.1) is 0 Å². The first kappa shape index (κ1) is 17.1. The molecule has 2 aromatic carbocycles. The van der Waals surface area contributed by atoms with Gasteiger partial charge in [-0.3, -0.25) is 13.9 Å². The van der Waals surface area contributed by atoms with Crippen LogP contribution in [0.5, 0.6) is 5.75 Å². The summed E-state index contributed by atoms with van der Waals surface area (Å²) in [6.45, 7) is -0.148. The molecule has 0 N–H and O–H groups in total. The van der Waals surface area contributed by atoms with Crippen molar-refractivity contribution in [3.63, 3.8) is 0 Å². The van der Waals surface area contributed by atoms with E-state index in [0.29, 0.717) is 21.9 Å². The van der Waals surface area contributed by atoms with Crippen molar-refractivity contribution in [2.45, 2.75) is 13.2 Å². The van der Waals surface area contributed by atoms with E-state index in [9.17, 15) is 9.59 Å². The number of benzene rings is 2. The van der Waals surface area contributed by atoms with Gasteiger partial charge in [0.05, 0.1) is 18.1 Å². The molecular weight excluding hydrogens is 344 g/mol. The minimum Gasteiger partial charge on any atom is -0.496 e. The van der Waals surface area contributed by atoms with Gasteiger partial charge in [-0.25, -0.2) is 4.79 Å². The Bertz CT molecular complexity index is 990. The molecule has 0 unspecified atom stereocenters. The Hall–Kier alpha value is -2.73. The molecule has 0 amide bonds. The van der Waals surface area contributed by atoms with Gasteiger partial charge in [0, 0.05) is 17.6 Å². The number of hydrogen-bond donors (Lipinski definition) is 0. The first-order chi connectivity index (χ1) is 12.0. The minimum absolute atomic E-state index is 0.0160. The lowest BCUT2D eigenvalue weighted by Crippen LogP contribution is -2.26. The van der Waals surface area contributed by atoms with Crippen LogP contribution in [-0.2, 0) is 29.7 Å². The molecule has 3 rings (SSSR count). The van der Waals surface area contributed by atoms with Crippen molar-refractivity contribution in [2.75, 3.05) is 7.11 Å². The molecule has 0 bridgehead atoms. The number of para-hydroxylation sites is 2. The molecule has 0 aliphatic carbocycles. The predicted octanol–water partition coefficient (Wildman–Crippen LogP) is 2.75. The molecule has 0 fully saturated rings. The number of imidazole rings is 1. The minimum atomic E-state index is -0.513. The highest BCUT2D eigenvalue weighted by atomic mass is 35.5. The van der Waals surface area contributed by atoms with Crippen molar-refractivity contribution in [2.24, 2.45) is 7.05 Å². The van der Waals surface area contributed by atoms with Crippen molar-refractivity contribution in [1.29, 1.82) is 0 Å². The average molecular weight is 361 g/mol. The van der Waals surface area contributed by atoms with Gasteiger partial charge in [-0.05, 0) is 30.3 Å². The molecule has 0 saturated carbocycles. The van der Waals surface area contributed by atoms with Crippen molar-refractivity contribution in [3.8, 4) is 5.75 Å². The van der Waals surface area contributed by atoms with Crippen LogP contribution in [0.3, 0.4) is 0 Å². The summed E-state index contributed by atoms with van der Waals surface area (Å²) < 4.78 is 13.4. The zero-order valence-electron chi connectivity index (χ0n) is 13.9. The van der Waals surface area contributed by atoms with Gasteiger partial charge in [0.25, 0.3) is 0 Å². The summed E-state index contributed by atoms with van der Waals surface area (Å²) in [6.07, 6.45) is 0. The summed E-state index contributed by atoms with van der Waals surface area (Å²) in [5.74, 6) is 0.0695.